The van der Waals surface area contributed by atoms with Gasteiger partial charge in [-0.15, -0.1) is 11.3 Å². The molecule has 0 bridgehead atoms. The van der Waals surface area contributed by atoms with Gasteiger partial charge >= 0.3 is 0 Å². The molecule has 2 aromatic heterocycles. The molecule has 0 spiro atoms. The molecule has 3 heterocycles. The third-order valence-electron chi connectivity index (χ3n) is 6.13. The molecule has 28 heavy (non-hydrogen) atoms. The summed E-state index contributed by atoms with van der Waals surface area (Å²) in [6.07, 6.45) is 8.79. The van der Waals surface area contributed by atoms with Crippen LogP contribution in [0.2, 0.25) is 0 Å². The molecule has 1 aliphatic heterocycles. The van der Waals surface area contributed by atoms with Crippen LogP contribution < -0.4 is 10.9 Å². The first-order chi connectivity index (χ1) is 13.7. The maximum absolute atomic E-state index is 12.6. The van der Waals surface area contributed by atoms with Crippen molar-refractivity contribution in [3.05, 3.63) is 26.6 Å². The molecule has 4 rings (SSSR count). The standard InChI is InChI=1S/C21H30N4O2S/c1-2-14(25-11-5-6-12-25)13-22-18(26)10-9-17-23-20(27)19-15-7-3-4-8-16(15)28-21(19)24-17/h14H,2-13H2,1H3,(H,22,26)(H,23,24,27). The number of nitrogens with one attached hydrogen (secondary N) is 2. The molecular formula is C21H30N4O2S. The van der Waals surface area contributed by atoms with Gasteiger partial charge in [-0.1, -0.05) is 6.92 Å². The van der Waals surface area contributed by atoms with Gasteiger partial charge in [-0.05, 0) is 63.6 Å². The number of hydrogen-bond donors (Lipinski definition) is 2. The minimum absolute atomic E-state index is 0.0332. The number of likely N-dealkylation sites (tertiary alicyclic amines) is 1. The Kier molecular flexibility index (Phi) is 6.11. The molecule has 2 aromatic rings. The second-order valence-electron chi connectivity index (χ2n) is 8.01. The first-order valence-electron chi connectivity index (χ1n) is 10.7. The summed E-state index contributed by atoms with van der Waals surface area (Å²) in [5, 5.41) is 3.86. The number of nitrogens with zero attached hydrogens (tertiary/aromatic N) is 2. The average molecular weight is 403 g/mol. The summed E-state index contributed by atoms with van der Waals surface area (Å²) in [6, 6.07) is 0.429. The van der Waals surface area contributed by atoms with Crippen LogP contribution in [0, 0.1) is 0 Å². The van der Waals surface area contributed by atoms with E-state index >= 15 is 0 Å². The summed E-state index contributed by atoms with van der Waals surface area (Å²) in [5.41, 5.74) is 1.16. The number of aryl methyl sites for hydroxylation is 3. The number of amides is 1. The second-order valence-corrected chi connectivity index (χ2v) is 9.10. The van der Waals surface area contributed by atoms with E-state index in [1.54, 1.807) is 11.3 Å². The first-order valence-corrected chi connectivity index (χ1v) is 11.5. The number of aromatic nitrogens is 2. The van der Waals surface area contributed by atoms with Gasteiger partial charge in [0.2, 0.25) is 5.91 Å². The van der Waals surface area contributed by atoms with Gasteiger partial charge in [0.05, 0.1) is 5.39 Å². The lowest BCUT2D eigenvalue weighted by Crippen LogP contribution is -2.42. The van der Waals surface area contributed by atoms with Crippen LogP contribution in [0.4, 0.5) is 0 Å². The molecule has 1 aliphatic carbocycles. The van der Waals surface area contributed by atoms with Gasteiger partial charge in [-0.3, -0.25) is 14.5 Å². The Morgan fingerprint density at radius 1 is 1.25 bits per heavy atom. The molecule has 1 fully saturated rings. The van der Waals surface area contributed by atoms with Crippen molar-refractivity contribution < 1.29 is 4.79 Å². The molecule has 0 aromatic carbocycles. The number of hydrogen-bond acceptors (Lipinski definition) is 5. The lowest BCUT2D eigenvalue weighted by atomic mass is 9.97. The SMILES string of the molecule is CCC(CNC(=O)CCc1nc2sc3c(c2c(=O)[nH]1)CCCC3)N1CCCC1. The number of thiophene rings is 1. The normalized spacial score (nSPS) is 18.3. The van der Waals surface area contributed by atoms with Gasteiger partial charge in [-0.2, -0.15) is 0 Å². The average Bonchev–Trinajstić information content (AvgIpc) is 3.34. The Labute approximate surface area is 169 Å². The summed E-state index contributed by atoms with van der Waals surface area (Å²) < 4.78 is 0. The van der Waals surface area contributed by atoms with E-state index in [9.17, 15) is 9.59 Å². The summed E-state index contributed by atoms with van der Waals surface area (Å²) in [5.74, 6) is 0.656. The minimum Gasteiger partial charge on any atom is -0.355 e. The quantitative estimate of drug-likeness (QED) is 0.746. The third-order valence-corrected chi connectivity index (χ3v) is 7.31. The monoisotopic (exact) mass is 402 g/mol. The maximum atomic E-state index is 12.6. The molecule has 1 atom stereocenters. The Morgan fingerprint density at radius 2 is 2.04 bits per heavy atom. The van der Waals surface area contributed by atoms with E-state index in [0.29, 0.717) is 31.3 Å². The van der Waals surface area contributed by atoms with Gasteiger partial charge in [0.1, 0.15) is 10.7 Å². The molecule has 1 amide bonds. The van der Waals surface area contributed by atoms with Gasteiger partial charge in [-0.25, -0.2) is 4.98 Å². The predicted octanol–water partition coefficient (Wildman–Crippen LogP) is 2.79. The summed E-state index contributed by atoms with van der Waals surface area (Å²) in [6.45, 7) is 5.17. The van der Waals surface area contributed by atoms with Crippen LogP contribution in [-0.2, 0) is 24.1 Å². The Hall–Kier alpha value is -1.73. The molecule has 2 aliphatic rings. The fraction of sp³-hybridized carbons (Fsp3) is 0.667. The Morgan fingerprint density at radius 3 is 2.82 bits per heavy atom. The fourth-order valence-corrected chi connectivity index (χ4v) is 5.80. The number of rotatable bonds is 7. The van der Waals surface area contributed by atoms with Crippen LogP contribution in [0.3, 0.4) is 0 Å². The summed E-state index contributed by atoms with van der Waals surface area (Å²) in [4.78, 5) is 37.1. The zero-order valence-electron chi connectivity index (χ0n) is 16.7. The first kappa shape index (κ1) is 19.6. The van der Waals surface area contributed by atoms with E-state index in [-0.39, 0.29) is 11.5 Å². The van der Waals surface area contributed by atoms with E-state index in [1.807, 2.05) is 0 Å². The zero-order valence-corrected chi connectivity index (χ0v) is 17.5. The maximum Gasteiger partial charge on any atom is 0.259 e. The second kappa shape index (κ2) is 8.74. The van der Waals surface area contributed by atoms with Gasteiger partial charge in [0.15, 0.2) is 0 Å². The van der Waals surface area contributed by atoms with E-state index < -0.39 is 0 Å². The van der Waals surface area contributed by atoms with Gasteiger partial charge in [0.25, 0.3) is 5.56 Å². The van der Waals surface area contributed by atoms with Gasteiger partial charge in [0, 0.05) is 30.3 Å². The molecule has 0 radical (unpaired) electrons. The van der Waals surface area contributed by atoms with Crippen molar-refractivity contribution in [2.75, 3.05) is 19.6 Å². The predicted molar refractivity (Wildman–Crippen MR) is 113 cm³/mol. The van der Waals surface area contributed by atoms with Crippen LogP contribution in [-0.4, -0.2) is 46.5 Å². The lowest BCUT2D eigenvalue weighted by Gasteiger charge is -2.26. The highest BCUT2D eigenvalue weighted by Gasteiger charge is 2.22. The smallest absolute Gasteiger partial charge is 0.259 e. The molecule has 6 nitrogen and oxygen atoms in total. The Balaban J connectivity index is 1.36. The number of H-pyrrole nitrogens is 1. The van der Waals surface area contributed by atoms with Crippen molar-refractivity contribution >= 4 is 27.5 Å². The van der Waals surface area contributed by atoms with Crippen LogP contribution >= 0.6 is 11.3 Å². The van der Waals surface area contributed by atoms with Crippen LogP contribution in [0.1, 0.15) is 61.7 Å². The number of carbonyl (C=O) groups excluding carboxylic acids is 1. The highest BCUT2D eigenvalue weighted by atomic mass is 32.1. The number of fused-ring (bicyclic) bond motifs is 3. The van der Waals surface area contributed by atoms with Crippen LogP contribution in [0.25, 0.3) is 10.2 Å². The Bertz CT molecular complexity index is 898. The largest absolute Gasteiger partial charge is 0.355 e. The minimum atomic E-state index is -0.0418. The van der Waals surface area contributed by atoms with Crippen molar-refractivity contribution in [2.24, 2.45) is 0 Å². The van der Waals surface area contributed by atoms with E-state index in [2.05, 4.69) is 27.1 Å². The number of aromatic amines is 1. The van der Waals surface area contributed by atoms with Crippen molar-refractivity contribution in [3.63, 3.8) is 0 Å². The third kappa shape index (κ3) is 4.15. The van der Waals surface area contributed by atoms with Crippen LogP contribution in [0.5, 0.6) is 0 Å². The molecule has 1 saturated heterocycles. The molecular weight excluding hydrogens is 372 g/mol. The summed E-state index contributed by atoms with van der Waals surface area (Å²) in [7, 11) is 0. The molecule has 152 valence electrons. The molecule has 7 heteroatoms. The highest BCUT2D eigenvalue weighted by molar-refractivity contribution is 7.18. The van der Waals surface area contributed by atoms with E-state index in [0.717, 1.165) is 49.0 Å². The van der Waals surface area contributed by atoms with Crippen molar-refractivity contribution in [1.82, 2.24) is 20.2 Å². The topological polar surface area (TPSA) is 78.1 Å². The zero-order chi connectivity index (χ0) is 19.5. The van der Waals surface area contributed by atoms with E-state index in [1.165, 1.54) is 29.7 Å². The van der Waals surface area contributed by atoms with Crippen molar-refractivity contribution in [3.8, 4) is 0 Å². The molecule has 0 saturated carbocycles. The van der Waals surface area contributed by atoms with Crippen LogP contribution in [0.15, 0.2) is 4.79 Å². The van der Waals surface area contributed by atoms with Gasteiger partial charge < -0.3 is 10.3 Å². The molecule has 2 N–H and O–H groups in total. The number of carbonyl (C=O) groups is 1. The molecule has 1 unspecified atom stereocenters. The fourth-order valence-electron chi connectivity index (χ4n) is 4.52. The van der Waals surface area contributed by atoms with E-state index in [4.69, 9.17) is 0 Å². The lowest BCUT2D eigenvalue weighted by molar-refractivity contribution is -0.121. The van der Waals surface area contributed by atoms with Crippen molar-refractivity contribution in [2.45, 2.75) is 70.8 Å². The highest BCUT2D eigenvalue weighted by Crippen LogP contribution is 2.33. The summed E-state index contributed by atoms with van der Waals surface area (Å²) >= 11 is 1.66. The van der Waals surface area contributed by atoms with Crippen molar-refractivity contribution in [1.29, 1.82) is 0 Å².